The number of rotatable bonds is 0. The van der Waals surface area contributed by atoms with Crippen molar-refractivity contribution in [1.82, 2.24) is 25.3 Å². The molecule has 1 aromatic carbocycles. The first kappa shape index (κ1) is 8.82. The maximum absolute atomic E-state index is 5.97. The second kappa shape index (κ2) is 3.01. The third kappa shape index (κ3) is 1.24. The molecule has 0 aliphatic heterocycles. The molecule has 0 spiro atoms. The van der Waals surface area contributed by atoms with Gasteiger partial charge < -0.3 is 0 Å². The first-order chi connectivity index (χ1) is 7.25. The molecule has 0 unspecified atom stereocenters. The van der Waals surface area contributed by atoms with E-state index in [4.69, 9.17) is 23.2 Å². The van der Waals surface area contributed by atoms with Crippen molar-refractivity contribution < 1.29 is 0 Å². The van der Waals surface area contributed by atoms with E-state index in [9.17, 15) is 0 Å². The molecule has 0 radical (unpaired) electrons. The summed E-state index contributed by atoms with van der Waals surface area (Å²) in [7, 11) is 0. The first-order valence-electron chi connectivity index (χ1n) is 4.09. The van der Waals surface area contributed by atoms with Crippen molar-refractivity contribution in [2.45, 2.75) is 0 Å². The summed E-state index contributed by atoms with van der Waals surface area (Å²) in [6.45, 7) is 0. The highest BCUT2D eigenvalue weighted by Crippen LogP contribution is 2.26. The van der Waals surface area contributed by atoms with Crippen LogP contribution in [0.1, 0.15) is 0 Å². The molecule has 3 rings (SSSR count). The lowest BCUT2D eigenvalue weighted by Crippen LogP contribution is -1.95. The Labute approximate surface area is 93.6 Å². The Hall–Kier alpha value is -1.46. The van der Waals surface area contributed by atoms with Crippen LogP contribution in [0.4, 0.5) is 0 Å². The van der Waals surface area contributed by atoms with E-state index in [-0.39, 0.29) is 0 Å². The molecule has 0 atom stereocenters. The lowest BCUT2D eigenvalue weighted by atomic mass is 10.2. The molecule has 0 N–H and O–H groups in total. The van der Waals surface area contributed by atoms with Crippen LogP contribution in [0.5, 0.6) is 0 Å². The quantitative estimate of drug-likeness (QED) is 0.602. The lowest BCUT2D eigenvalue weighted by molar-refractivity contribution is 0.736. The second-order valence-corrected chi connectivity index (χ2v) is 3.77. The fourth-order valence-corrected chi connectivity index (χ4v) is 1.84. The molecule has 0 amide bonds. The number of benzene rings is 1. The highest BCUT2D eigenvalue weighted by molar-refractivity contribution is 6.35. The molecule has 2 heterocycles. The Morgan fingerprint density at radius 1 is 1.13 bits per heavy atom. The van der Waals surface area contributed by atoms with E-state index in [0.29, 0.717) is 15.8 Å². The highest BCUT2D eigenvalue weighted by atomic mass is 35.5. The first-order valence-corrected chi connectivity index (χ1v) is 4.84. The molecule has 0 aliphatic rings. The van der Waals surface area contributed by atoms with E-state index in [1.54, 1.807) is 18.2 Å². The van der Waals surface area contributed by atoms with Gasteiger partial charge in [0.05, 0.1) is 0 Å². The van der Waals surface area contributed by atoms with Gasteiger partial charge in [0.2, 0.25) is 5.65 Å². The van der Waals surface area contributed by atoms with E-state index < -0.39 is 0 Å². The average Bonchev–Trinajstić information content (AvgIpc) is 2.65. The van der Waals surface area contributed by atoms with Crippen molar-refractivity contribution in [3.63, 3.8) is 0 Å². The number of fused-ring (bicyclic) bond motifs is 3. The zero-order valence-corrected chi connectivity index (χ0v) is 8.74. The third-order valence-electron chi connectivity index (χ3n) is 2.08. The van der Waals surface area contributed by atoms with Crippen molar-refractivity contribution in [3.8, 4) is 0 Å². The number of hydrogen-bond donors (Lipinski definition) is 0. The Morgan fingerprint density at radius 3 is 2.87 bits per heavy atom. The molecular formula is C8H3Cl2N5. The predicted octanol–water partition coefficient (Wildman–Crippen LogP) is 1.98. The van der Waals surface area contributed by atoms with E-state index in [2.05, 4.69) is 20.6 Å². The van der Waals surface area contributed by atoms with Gasteiger partial charge in [-0.3, -0.25) is 0 Å². The molecule has 15 heavy (non-hydrogen) atoms. The molecular weight excluding hydrogens is 237 g/mol. The van der Waals surface area contributed by atoms with E-state index in [1.807, 2.05) is 0 Å². The number of halogens is 2. The fraction of sp³-hybridized carbons (Fsp3) is 0. The van der Waals surface area contributed by atoms with Crippen LogP contribution >= 0.6 is 23.2 Å². The molecule has 0 aliphatic carbocycles. The minimum atomic E-state index is 0.349. The van der Waals surface area contributed by atoms with Gasteiger partial charge in [-0.2, -0.15) is 0 Å². The Bertz CT molecular complexity index is 662. The van der Waals surface area contributed by atoms with Crippen molar-refractivity contribution in [2.75, 3.05) is 0 Å². The van der Waals surface area contributed by atoms with Crippen LogP contribution in [-0.2, 0) is 0 Å². The van der Waals surface area contributed by atoms with E-state index >= 15 is 0 Å². The molecule has 74 valence electrons. The van der Waals surface area contributed by atoms with Crippen LogP contribution in [0.3, 0.4) is 0 Å². The van der Waals surface area contributed by atoms with Gasteiger partial charge in [0.15, 0.2) is 5.15 Å². The summed E-state index contributed by atoms with van der Waals surface area (Å²) in [5.74, 6) is 0. The van der Waals surface area contributed by atoms with Gasteiger partial charge in [-0.1, -0.05) is 23.2 Å². The number of nitrogens with zero attached hydrogens (tertiary/aromatic N) is 5. The maximum atomic E-state index is 5.97. The van der Waals surface area contributed by atoms with Gasteiger partial charge >= 0.3 is 0 Å². The Kier molecular flexibility index (Phi) is 1.77. The number of tetrazole rings is 1. The minimum absolute atomic E-state index is 0.349. The van der Waals surface area contributed by atoms with Gasteiger partial charge in [-0.05, 0) is 28.6 Å². The number of aromatic nitrogens is 5. The summed E-state index contributed by atoms with van der Waals surface area (Å²) in [6, 6.07) is 5.30. The topological polar surface area (TPSA) is 56.0 Å². The molecule has 3 aromatic rings. The lowest BCUT2D eigenvalue weighted by Gasteiger charge is -2.00. The monoisotopic (exact) mass is 239 g/mol. The van der Waals surface area contributed by atoms with Gasteiger partial charge in [0.1, 0.15) is 0 Å². The summed E-state index contributed by atoms with van der Waals surface area (Å²) in [6.07, 6.45) is 0. The molecule has 0 saturated carbocycles. The smallest absolute Gasteiger partial charge is 0.134 e. The summed E-state index contributed by atoms with van der Waals surface area (Å²) in [5.41, 5.74) is 0.539. The van der Waals surface area contributed by atoms with Crippen LogP contribution in [-0.4, -0.2) is 25.3 Å². The normalized spacial score (nSPS) is 11.3. The maximum Gasteiger partial charge on any atom is 0.207 e. The van der Waals surface area contributed by atoms with Crippen molar-refractivity contribution in [2.24, 2.45) is 0 Å². The highest BCUT2D eigenvalue weighted by Gasteiger charge is 2.09. The largest absolute Gasteiger partial charge is 0.207 e. The van der Waals surface area contributed by atoms with Crippen LogP contribution in [0.25, 0.3) is 16.4 Å². The average molecular weight is 240 g/mol. The predicted molar refractivity (Wildman–Crippen MR) is 56.1 cm³/mol. The van der Waals surface area contributed by atoms with Crippen molar-refractivity contribution in [1.29, 1.82) is 0 Å². The standard InChI is InChI=1S/C8H3Cl2N5/c9-4-1-2-5-6(3-4)8-11-13-14-15(8)12-7(5)10/h1-3H. The molecule has 0 fully saturated rings. The zero-order valence-electron chi connectivity index (χ0n) is 7.22. The van der Waals surface area contributed by atoms with Crippen LogP contribution in [0.15, 0.2) is 18.2 Å². The minimum Gasteiger partial charge on any atom is -0.134 e. The van der Waals surface area contributed by atoms with Gasteiger partial charge in [0.25, 0.3) is 0 Å². The van der Waals surface area contributed by atoms with Crippen LogP contribution in [0.2, 0.25) is 10.2 Å². The van der Waals surface area contributed by atoms with Gasteiger partial charge in [0, 0.05) is 15.8 Å². The Morgan fingerprint density at radius 2 is 2.00 bits per heavy atom. The molecule has 0 saturated heterocycles. The third-order valence-corrected chi connectivity index (χ3v) is 2.60. The van der Waals surface area contributed by atoms with Crippen LogP contribution < -0.4 is 0 Å². The summed E-state index contributed by atoms with van der Waals surface area (Å²) in [5, 5.41) is 17.6. The summed E-state index contributed by atoms with van der Waals surface area (Å²) < 4.78 is 1.28. The molecule has 7 heteroatoms. The Balaban J connectivity index is 2.63. The van der Waals surface area contributed by atoms with Crippen LogP contribution in [0, 0.1) is 0 Å². The second-order valence-electron chi connectivity index (χ2n) is 2.97. The number of hydrogen-bond acceptors (Lipinski definition) is 4. The van der Waals surface area contributed by atoms with E-state index in [0.717, 1.165) is 10.8 Å². The van der Waals surface area contributed by atoms with Crippen molar-refractivity contribution >= 4 is 39.6 Å². The molecule has 0 bridgehead atoms. The zero-order chi connectivity index (χ0) is 10.4. The summed E-state index contributed by atoms with van der Waals surface area (Å²) >= 11 is 11.9. The molecule has 2 aromatic heterocycles. The fourth-order valence-electron chi connectivity index (χ4n) is 1.43. The summed E-state index contributed by atoms with van der Waals surface area (Å²) in [4.78, 5) is 0. The SMILES string of the molecule is Clc1ccc2c(Cl)nn3nnnc3c2c1. The van der Waals surface area contributed by atoms with Gasteiger partial charge in [-0.15, -0.1) is 14.8 Å². The van der Waals surface area contributed by atoms with E-state index in [1.165, 1.54) is 4.63 Å². The van der Waals surface area contributed by atoms with Gasteiger partial charge in [-0.25, -0.2) is 0 Å². The van der Waals surface area contributed by atoms with Crippen molar-refractivity contribution in [3.05, 3.63) is 28.4 Å². The molecule has 5 nitrogen and oxygen atoms in total.